The van der Waals surface area contributed by atoms with E-state index in [4.69, 9.17) is 5.73 Å². The predicted molar refractivity (Wildman–Crippen MR) is 57.4 cm³/mol. The van der Waals surface area contributed by atoms with E-state index in [1.54, 1.807) is 4.90 Å². The molecule has 1 fully saturated rings. The molecule has 1 aliphatic rings. The predicted octanol–water partition coefficient (Wildman–Crippen LogP) is 1.34. The van der Waals surface area contributed by atoms with E-state index in [-0.39, 0.29) is 6.03 Å². The van der Waals surface area contributed by atoms with Crippen LogP contribution in [0.5, 0.6) is 0 Å². The van der Waals surface area contributed by atoms with Gasteiger partial charge in [0.05, 0.1) is 0 Å². The van der Waals surface area contributed by atoms with Crippen LogP contribution in [0.3, 0.4) is 0 Å². The van der Waals surface area contributed by atoms with Crippen molar-refractivity contribution in [3.05, 3.63) is 30.1 Å². The second-order valence-corrected chi connectivity index (χ2v) is 3.85. The van der Waals surface area contributed by atoms with Gasteiger partial charge in [-0.15, -0.1) is 0 Å². The van der Waals surface area contributed by atoms with Crippen LogP contribution in [0.15, 0.2) is 24.4 Å². The SMILES string of the molecule is NC(=O)N1CCC(c2ccccn2)CC1. The van der Waals surface area contributed by atoms with E-state index in [0.29, 0.717) is 5.92 Å². The van der Waals surface area contributed by atoms with Gasteiger partial charge in [-0.3, -0.25) is 4.98 Å². The van der Waals surface area contributed by atoms with Crippen LogP contribution in [0.1, 0.15) is 24.5 Å². The van der Waals surface area contributed by atoms with Crippen molar-refractivity contribution in [2.75, 3.05) is 13.1 Å². The molecule has 0 bridgehead atoms. The third-order valence-electron chi connectivity index (χ3n) is 2.91. The lowest BCUT2D eigenvalue weighted by Crippen LogP contribution is -2.41. The molecule has 1 aromatic rings. The average molecular weight is 205 g/mol. The van der Waals surface area contributed by atoms with Gasteiger partial charge < -0.3 is 10.6 Å². The molecule has 0 saturated carbocycles. The molecule has 4 nitrogen and oxygen atoms in total. The number of urea groups is 1. The van der Waals surface area contributed by atoms with Crippen molar-refractivity contribution in [2.24, 2.45) is 5.73 Å². The van der Waals surface area contributed by atoms with Crippen LogP contribution in [0.25, 0.3) is 0 Å². The van der Waals surface area contributed by atoms with Gasteiger partial charge in [0.15, 0.2) is 0 Å². The van der Waals surface area contributed by atoms with Crippen LogP contribution in [0.2, 0.25) is 0 Å². The molecule has 80 valence electrons. The molecule has 15 heavy (non-hydrogen) atoms. The molecular formula is C11H15N3O. The van der Waals surface area contributed by atoms with Crippen LogP contribution in [0, 0.1) is 0 Å². The number of carbonyl (C=O) groups excluding carboxylic acids is 1. The first-order chi connectivity index (χ1) is 7.27. The molecular weight excluding hydrogens is 190 g/mol. The first-order valence-corrected chi connectivity index (χ1v) is 5.22. The summed E-state index contributed by atoms with van der Waals surface area (Å²) < 4.78 is 0. The molecule has 1 saturated heterocycles. The fourth-order valence-corrected chi connectivity index (χ4v) is 2.01. The minimum atomic E-state index is -0.311. The maximum absolute atomic E-state index is 10.9. The highest BCUT2D eigenvalue weighted by atomic mass is 16.2. The molecule has 2 amide bonds. The number of rotatable bonds is 1. The van der Waals surface area contributed by atoms with Crippen LogP contribution in [-0.2, 0) is 0 Å². The number of nitrogens with two attached hydrogens (primary N) is 1. The van der Waals surface area contributed by atoms with Crippen LogP contribution in [0.4, 0.5) is 4.79 Å². The van der Waals surface area contributed by atoms with E-state index in [9.17, 15) is 4.79 Å². The molecule has 2 N–H and O–H groups in total. The lowest BCUT2D eigenvalue weighted by atomic mass is 9.93. The number of likely N-dealkylation sites (tertiary alicyclic amines) is 1. The molecule has 0 aromatic carbocycles. The van der Waals surface area contributed by atoms with Crippen molar-refractivity contribution in [3.63, 3.8) is 0 Å². The fraction of sp³-hybridized carbons (Fsp3) is 0.455. The van der Waals surface area contributed by atoms with Gasteiger partial charge in [-0.05, 0) is 25.0 Å². The van der Waals surface area contributed by atoms with Gasteiger partial charge >= 0.3 is 6.03 Å². The standard InChI is InChI=1S/C11H15N3O/c12-11(15)14-7-4-9(5-8-14)10-3-1-2-6-13-10/h1-3,6,9H,4-5,7-8H2,(H2,12,15). The summed E-state index contributed by atoms with van der Waals surface area (Å²) in [6, 6.07) is 5.66. The highest BCUT2D eigenvalue weighted by molar-refractivity contribution is 5.72. The van der Waals surface area contributed by atoms with E-state index in [1.807, 2.05) is 24.4 Å². The number of amides is 2. The summed E-state index contributed by atoms with van der Waals surface area (Å²) in [5.41, 5.74) is 6.35. The second-order valence-electron chi connectivity index (χ2n) is 3.85. The quantitative estimate of drug-likeness (QED) is 0.752. The number of carbonyl (C=O) groups is 1. The van der Waals surface area contributed by atoms with Crippen LogP contribution < -0.4 is 5.73 Å². The summed E-state index contributed by atoms with van der Waals surface area (Å²) in [7, 11) is 0. The van der Waals surface area contributed by atoms with Gasteiger partial charge in [0, 0.05) is 30.9 Å². The Morgan fingerprint density at radius 3 is 2.67 bits per heavy atom. The molecule has 0 spiro atoms. The monoisotopic (exact) mass is 205 g/mol. The topological polar surface area (TPSA) is 59.2 Å². The number of piperidine rings is 1. The van der Waals surface area contributed by atoms with Gasteiger partial charge in [-0.2, -0.15) is 0 Å². The average Bonchev–Trinajstić information content (AvgIpc) is 2.30. The zero-order valence-electron chi connectivity index (χ0n) is 8.60. The molecule has 1 aliphatic heterocycles. The highest BCUT2D eigenvalue weighted by Gasteiger charge is 2.22. The van der Waals surface area contributed by atoms with E-state index in [2.05, 4.69) is 4.98 Å². The number of hydrogen-bond acceptors (Lipinski definition) is 2. The maximum atomic E-state index is 10.9. The Balaban J connectivity index is 1.97. The highest BCUT2D eigenvalue weighted by Crippen LogP contribution is 2.25. The van der Waals surface area contributed by atoms with Gasteiger partial charge in [0.2, 0.25) is 0 Å². The van der Waals surface area contributed by atoms with E-state index >= 15 is 0 Å². The van der Waals surface area contributed by atoms with Crippen molar-refractivity contribution in [1.82, 2.24) is 9.88 Å². The molecule has 4 heteroatoms. The van der Waals surface area contributed by atoms with E-state index in [0.717, 1.165) is 31.6 Å². The zero-order valence-corrected chi connectivity index (χ0v) is 8.60. The summed E-state index contributed by atoms with van der Waals surface area (Å²) in [5, 5.41) is 0. The first kappa shape index (κ1) is 9.96. The Morgan fingerprint density at radius 2 is 2.13 bits per heavy atom. The molecule has 0 aliphatic carbocycles. The van der Waals surface area contributed by atoms with Crippen LogP contribution >= 0.6 is 0 Å². The molecule has 0 atom stereocenters. The summed E-state index contributed by atoms with van der Waals surface area (Å²) in [6.45, 7) is 1.49. The Labute approximate surface area is 89.1 Å². The maximum Gasteiger partial charge on any atom is 0.314 e. The summed E-state index contributed by atoms with van der Waals surface area (Å²) in [5.74, 6) is 0.474. The Bertz CT molecular complexity index is 331. The number of pyridine rings is 1. The summed E-state index contributed by atoms with van der Waals surface area (Å²) in [6.07, 6.45) is 3.73. The molecule has 0 radical (unpaired) electrons. The Hall–Kier alpha value is -1.58. The van der Waals surface area contributed by atoms with Gasteiger partial charge in [-0.25, -0.2) is 4.79 Å². The van der Waals surface area contributed by atoms with Crippen molar-refractivity contribution in [1.29, 1.82) is 0 Å². The van der Waals surface area contributed by atoms with Gasteiger partial charge in [0.25, 0.3) is 0 Å². The number of hydrogen-bond donors (Lipinski definition) is 1. The number of nitrogens with zero attached hydrogens (tertiary/aromatic N) is 2. The Kier molecular flexibility index (Phi) is 2.85. The fourth-order valence-electron chi connectivity index (χ4n) is 2.01. The van der Waals surface area contributed by atoms with E-state index < -0.39 is 0 Å². The molecule has 1 aromatic heterocycles. The first-order valence-electron chi connectivity index (χ1n) is 5.22. The third-order valence-corrected chi connectivity index (χ3v) is 2.91. The second kappa shape index (κ2) is 4.29. The normalized spacial score (nSPS) is 17.7. The number of aromatic nitrogens is 1. The number of primary amides is 1. The minimum Gasteiger partial charge on any atom is -0.351 e. The summed E-state index contributed by atoms with van der Waals surface area (Å²) >= 11 is 0. The third kappa shape index (κ3) is 2.26. The van der Waals surface area contributed by atoms with Crippen LogP contribution in [-0.4, -0.2) is 29.0 Å². The Morgan fingerprint density at radius 1 is 1.40 bits per heavy atom. The van der Waals surface area contributed by atoms with Gasteiger partial charge in [-0.1, -0.05) is 6.07 Å². The van der Waals surface area contributed by atoms with E-state index in [1.165, 1.54) is 0 Å². The molecule has 0 unspecified atom stereocenters. The van der Waals surface area contributed by atoms with Crippen molar-refractivity contribution in [2.45, 2.75) is 18.8 Å². The summed E-state index contributed by atoms with van der Waals surface area (Å²) in [4.78, 5) is 17.0. The van der Waals surface area contributed by atoms with Crippen molar-refractivity contribution in [3.8, 4) is 0 Å². The zero-order chi connectivity index (χ0) is 10.7. The van der Waals surface area contributed by atoms with Gasteiger partial charge in [0.1, 0.15) is 0 Å². The van der Waals surface area contributed by atoms with Crippen molar-refractivity contribution < 1.29 is 4.79 Å². The van der Waals surface area contributed by atoms with Crippen molar-refractivity contribution >= 4 is 6.03 Å². The lowest BCUT2D eigenvalue weighted by Gasteiger charge is -2.30. The largest absolute Gasteiger partial charge is 0.351 e. The lowest BCUT2D eigenvalue weighted by molar-refractivity contribution is 0.190. The minimum absolute atomic E-state index is 0.311. The molecule has 2 heterocycles. The molecule has 2 rings (SSSR count). The smallest absolute Gasteiger partial charge is 0.314 e.